The number of rotatable bonds is 5. The summed E-state index contributed by atoms with van der Waals surface area (Å²) in [5.41, 5.74) is 1.46. The zero-order valence-electron chi connectivity index (χ0n) is 10.4. The lowest BCUT2D eigenvalue weighted by Crippen LogP contribution is -2.09. The van der Waals surface area contributed by atoms with Crippen LogP contribution in [0.1, 0.15) is 39.2 Å². The first-order chi connectivity index (χ1) is 7.35. The van der Waals surface area contributed by atoms with Crippen molar-refractivity contribution in [2.24, 2.45) is 0 Å². The van der Waals surface area contributed by atoms with E-state index >= 15 is 0 Å². The molecule has 0 unspecified atom stereocenters. The Balaban J connectivity index is 0.000000336. The van der Waals surface area contributed by atoms with E-state index in [4.69, 9.17) is 0 Å². The molecular formula is C14H25N. The Morgan fingerprint density at radius 3 is 1.93 bits per heavy atom. The molecule has 0 saturated carbocycles. The Kier molecular flexibility index (Phi) is 10.6. The Labute approximate surface area is 94.9 Å². The fourth-order valence-corrected chi connectivity index (χ4v) is 1.28. The second-order valence-electron chi connectivity index (χ2n) is 3.55. The molecule has 0 atom stereocenters. The monoisotopic (exact) mass is 207 g/mol. The largest absolute Gasteiger partial charge is 0.317 e. The van der Waals surface area contributed by atoms with Crippen LogP contribution in [0, 0.1) is 0 Å². The van der Waals surface area contributed by atoms with Crippen molar-refractivity contribution in [2.45, 2.75) is 40.0 Å². The van der Waals surface area contributed by atoms with Crippen LogP contribution in [0.25, 0.3) is 0 Å². The van der Waals surface area contributed by atoms with Crippen LogP contribution in [-0.2, 0) is 6.42 Å². The van der Waals surface area contributed by atoms with Crippen molar-refractivity contribution in [1.29, 1.82) is 0 Å². The van der Waals surface area contributed by atoms with Crippen molar-refractivity contribution >= 4 is 0 Å². The molecule has 86 valence electrons. The highest BCUT2D eigenvalue weighted by atomic mass is 14.8. The first kappa shape index (κ1) is 14.2. The van der Waals surface area contributed by atoms with Crippen molar-refractivity contribution in [3.05, 3.63) is 35.9 Å². The van der Waals surface area contributed by atoms with Gasteiger partial charge in [-0.05, 0) is 31.5 Å². The third-order valence-electron chi connectivity index (χ3n) is 2.16. The van der Waals surface area contributed by atoms with E-state index in [9.17, 15) is 0 Å². The number of benzene rings is 1. The second kappa shape index (κ2) is 11.3. The molecule has 15 heavy (non-hydrogen) atoms. The molecule has 1 aromatic rings. The van der Waals surface area contributed by atoms with E-state index in [2.05, 4.69) is 56.4 Å². The lowest BCUT2D eigenvalue weighted by Gasteiger charge is -1.96. The molecule has 0 heterocycles. The Bertz CT molecular complexity index is 204. The first-order valence-electron chi connectivity index (χ1n) is 6.09. The highest BCUT2D eigenvalue weighted by Gasteiger charge is 1.87. The van der Waals surface area contributed by atoms with Gasteiger partial charge in [0.05, 0.1) is 0 Å². The molecule has 0 aliphatic rings. The zero-order valence-corrected chi connectivity index (χ0v) is 10.4. The topological polar surface area (TPSA) is 12.0 Å². The lowest BCUT2D eigenvalue weighted by molar-refractivity contribution is 0.762. The quantitative estimate of drug-likeness (QED) is 0.777. The third kappa shape index (κ3) is 9.48. The standard InChI is InChI=1S/C10H14.C4H11N/c1-2-3-7-10-8-5-4-6-9-10;1-3-5-4-2/h4-6,8-9H,2-3,7H2,1H3;5H,3-4H2,1-2H3. The van der Waals surface area contributed by atoms with Gasteiger partial charge in [-0.15, -0.1) is 0 Å². The van der Waals surface area contributed by atoms with E-state index in [-0.39, 0.29) is 0 Å². The summed E-state index contributed by atoms with van der Waals surface area (Å²) >= 11 is 0. The number of hydrogen-bond donors (Lipinski definition) is 1. The normalized spacial score (nSPS) is 9.27. The maximum atomic E-state index is 3.11. The minimum absolute atomic E-state index is 1.09. The van der Waals surface area contributed by atoms with Crippen molar-refractivity contribution < 1.29 is 0 Å². The van der Waals surface area contributed by atoms with Crippen LogP contribution < -0.4 is 5.32 Å². The summed E-state index contributed by atoms with van der Waals surface area (Å²) in [7, 11) is 0. The van der Waals surface area contributed by atoms with Gasteiger partial charge in [0.25, 0.3) is 0 Å². The predicted octanol–water partition coefficient (Wildman–Crippen LogP) is 3.65. The fourth-order valence-electron chi connectivity index (χ4n) is 1.28. The van der Waals surface area contributed by atoms with E-state index in [1.54, 1.807) is 0 Å². The molecule has 1 N–H and O–H groups in total. The SMILES string of the molecule is CCCCc1ccccc1.CCNCC. The number of nitrogens with one attached hydrogen (secondary N) is 1. The summed E-state index contributed by atoms with van der Waals surface area (Å²) in [6, 6.07) is 10.6. The minimum atomic E-state index is 1.09. The molecule has 0 radical (unpaired) electrons. The Morgan fingerprint density at radius 2 is 1.53 bits per heavy atom. The van der Waals surface area contributed by atoms with E-state index in [1.165, 1.54) is 24.8 Å². The highest BCUT2D eigenvalue weighted by molar-refractivity contribution is 5.14. The molecule has 1 aromatic carbocycles. The minimum Gasteiger partial charge on any atom is -0.317 e. The van der Waals surface area contributed by atoms with Gasteiger partial charge in [-0.3, -0.25) is 0 Å². The van der Waals surface area contributed by atoms with Crippen LogP contribution >= 0.6 is 0 Å². The molecule has 0 amide bonds. The summed E-state index contributed by atoms with van der Waals surface area (Å²) in [6.07, 6.45) is 3.83. The highest BCUT2D eigenvalue weighted by Crippen LogP contribution is 2.03. The van der Waals surface area contributed by atoms with Crippen LogP contribution in [0.5, 0.6) is 0 Å². The molecule has 0 fully saturated rings. The molecule has 0 aliphatic carbocycles. The number of aryl methyl sites for hydroxylation is 1. The molecule has 0 saturated heterocycles. The van der Waals surface area contributed by atoms with Gasteiger partial charge >= 0.3 is 0 Å². The van der Waals surface area contributed by atoms with Crippen molar-refractivity contribution in [1.82, 2.24) is 5.32 Å². The number of hydrogen-bond acceptors (Lipinski definition) is 1. The van der Waals surface area contributed by atoms with Crippen LogP contribution in [0.3, 0.4) is 0 Å². The van der Waals surface area contributed by atoms with Crippen LogP contribution in [0.2, 0.25) is 0 Å². The maximum Gasteiger partial charge on any atom is -0.00775 e. The molecule has 1 nitrogen and oxygen atoms in total. The predicted molar refractivity (Wildman–Crippen MR) is 69.3 cm³/mol. The lowest BCUT2D eigenvalue weighted by atomic mass is 10.1. The van der Waals surface area contributed by atoms with Crippen molar-refractivity contribution in [2.75, 3.05) is 13.1 Å². The van der Waals surface area contributed by atoms with E-state index in [1.807, 2.05) is 0 Å². The summed E-state index contributed by atoms with van der Waals surface area (Å²) in [5, 5.41) is 3.11. The molecule has 1 heteroatoms. The summed E-state index contributed by atoms with van der Waals surface area (Å²) in [6.45, 7) is 8.61. The zero-order chi connectivity index (χ0) is 11.4. The van der Waals surface area contributed by atoms with Gasteiger partial charge < -0.3 is 5.32 Å². The van der Waals surface area contributed by atoms with Crippen molar-refractivity contribution in [3.8, 4) is 0 Å². The fraction of sp³-hybridized carbons (Fsp3) is 0.571. The summed E-state index contributed by atoms with van der Waals surface area (Å²) < 4.78 is 0. The van der Waals surface area contributed by atoms with Gasteiger partial charge in [-0.25, -0.2) is 0 Å². The van der Waals surface area contributed by atoms with Gasteiger partial charge in [0.2, 0.25) is 0 Å². The van der Waals surface area contributed by atoms with Gasteiger partial charge in [-0.2, -0.15) is 0 Å². The van der Waals surface area contributed by atoms with Crippen LogP contribution in [-0.4, -0.2) is 13.1 Å². The smallest absolute Gasteiger partial charge is 0.00775 e. The molecule has 0 bridgehead atoms. The molecule has 0 aliphatic heterocycles. The second-order valence-corrected chi connectivity index (χ2v) is 3.55. The van der Waals surface area contributed by atoms with Gasteiger partial charge in [0, 0.05) is 0 Å². The molecular weight excluding hydrogens is 182 g/mol. The maximum absolute atomic E-state index is 3.11. The average molecular weight is 207 g/mol. The van der Waals surface area contributed by atoms with E-state index in [0.717, 1.165) is 13.1 Å². The number of unbranched alkanes of at least 4 members (excludes halogenated alkanes) is 1. The van der Waals surface area contributed by atoms with Gasteiger partial charge in [0.15, 0.2) is 0 Å². The molecule has 0 aromatic heterocycles. The Morgan fingerprint density at radius 1 is 0.933 bits per heavy atom. The van der Waals surface area contributed by atoms with Crippen molar-refractivity contribution in [3.63, 3.8) is 0 Å². The Hall–Kier alpha value is -0.820. The summed E-state index contributed by atoms with van der Waals surface area (Å²) in [4.78, 5) is 0. The van der Waals surface area contributed by atoms with Gasteiger partial charge in [0.1, 0.15) is 0 Å². The average Bonchev–Trinajstić information content (AvgIpc) is 2.30. The van der Waals surface area contributed by atoms with E-state index < -0.39 is 0 Å². The van der Waals surface area contributed by atoms with Crippen LogP contribution in [0.15, 0.2) is 30.3 Å². The third-order valence-corrected chi connectivity index (χ3v) is 2.16. The van der Waals surface area contributed by atoms with E-state index in [0.29, 0.717) is 0 Å². The first-order valence-corrected chi connectivity index (χ1v) is 6.09. The van der Waals surface area contributed by atoms with Crippen LogP contribution in [0.4, 0.5) is 0 Å². The molecule has 1 rings (SSSR count). The van der Waals surface area contributed by atoms with Gasteiger partial charge in [-0.1, -0.05) is 57.5 Å². The molecule has 0 spiro atoms. The summed E-state index contributed by atoms with van der Waals surface area (Å²) in [5.74, 6) is 0.